The molecular formula is C8H12O4S. The van der Waals surface area contributed by atoms with E-state index in [1.807, 2.05) is 0 Å². The number of carboxylic acids is 2. The van der Waals surface area contributed by atoms with Gasteiger partial charge in [0, 0.05) is 0 Å². The molecule has 2 N–H and O–H groups in total. The second kappa shape index (κ2) is 3.57. The second-order valence-corrected chi connectivity index (χ2v) is 3.95. The molecule has 0 aromatic carbocycles. The van der Waals surface area contributed by atoms with Gasteiger partial charge in [-0.25, -0.2) is 0 Å². The maximum Gasteiger partial charge on any atom is 0.307 e. The summed E-state index contributed by atoms with van der Waals surface area (Å²) in [5.41, 5.74) is -0.514. The summed E-state index contributed by atoms with van der Waals surface area (Å²) in [7, 11) is 0. The van der Waals surface area contributed by atoms with Gasteiger partial charge in [-0.15, -0.1) is 0 Å². The third-order valence-corrected chi connectivity index (χ3v) is 2.82. The van der Waals surface area contributed by atoms with Crippen LogP contribution < -0.4 is 0 Å². The van der Waals surface area contributed by atoms with Crippen LogP contribution in [0.4, 0.5) is 0 Å². The van der Waals surface area contributed by atoms with Crippen molar-refractivity contribution in [3.8, 4) is 0 Å². The first kappa shape index (κ1) is 10.4. The predicted octanol–water partition coefficient (Wildman–Crippen LogP) is 0.872. The molecule has 0 aromatic heterocycles. The summed E-state index contributed by atoms with van der Waals surface area (Å²) in [6, 6.07) is 0. The first-order chi connectivity index (χ1) is 6.02. The van der Waals surface area contributed by atoms with E-state index < -0.39 is 23.3 Å². The quantitative estimate of drug-likeness (QED) is 0.581. The zero-order chi connectivity index (χ0) is 10.1. The van der Waals surface area contributed by atoms with E-state index in [4.69, 9.17) is 10.2 Å². The Morgan fingerprint density at radius 2 is 2.08 bits per heavy atom. The van der Waals surface area contributed by atoms with Crippen LogP contribution in [-0.2, 0) is 9.59 Å². The summed E-state index contributed by atoms with van der Waals surface area (Å²) in [6.45, 7) is 0. The largest absolute Gasteiger partial charge is 0.481 e. The first-order valence-electron chi connectivity index (χ1n) is 4.07. The molecule has 1 rings (SSSR count). The summed E-state index contributed by atoms with van der Waals surface area (Å²) < 4.78 is 0. The minimum atomic E-state index is -0.925. The van der Waals surface area contributed by atoms with Crippen molar-refractivity contribution in [2.45, 2.75) is 19.3 Å². The van der Waals surface area contributed by atoms with Crippen molar-refractivity contribution in [3.63, 3.8) is 0 Å². The fourth-order valence-corrected chi connectivity index (χ4v) is 2.23. The van der Waals surface area contributed by atoms with E-state index in [1.54, 1.807) is 0 Å². The number of aliphatic carboxylic acids is 2. The van der Waals surface area contributed by atoms with E-state index in [2.05, 4.69) is 12.6 Å². The maximum absolute atomic E-state index is 10.6. The summed E-state index contributed by atoms with van der Waals surface area (Å²) in [5, 5.41) is 17.3. The molecule has 5 heteroatoms. The van der Waals surface area contributed by atoms with Gasteiger partial charge in [-0.1, -0.05) is 0 Å². The number of carbonyl (C=O) groups is 2. The van der Waals surface area contributed by atoms with Crippen molar-refractivity contribution < 1.29 is 19.8 Å². The number of hydrogen-bond donors (Lipinski definition) is 3. The fraction of sp³-hybridized carbons (Fsp3) is 0.750. The van der Waals surface area contributed by atoms with Crippen LogP contribution in [0.15, 0.2) is 0 Å². The van der Waals surface area contributed by atoms with Crippen molar-refractivity contribution in [1.82, 2.24) is 0 Å². The Bertz CT molecular complexity index is 240. The predicted molar refractivity (Wildman–Crippen MR) is 48.9 cm³/mol. The number of hydrogen-bond acceptors (Lipinski definition) is 3. The van der Waals surface area contributed by atoms with Crippen LogP contribution in [0.3, 0.4) is 0 Å². The van der Waals surface area contributed by atoms with Gasteiger partial charge in [0.25, 0.3) is 0 Å². The summed E-state index contributed by atoms with van der Waals surface area (Å²) >= 11 is 4.00. The lowest BCUT2D eigenvalue weighted by atomic mass is 9.96. The Morgan fingerprint density at radius 1 is 1.46 bits per heavy atom. The van der Waals surface area contributed by atoms with Crippen molar-refractivity contribution in [3.05, 3.63) is 0 Å². The smallest absolute Gasteiger partial charge is 0.307 e. The third kappa shape index (κ3) is 2.15. The van der Waals surface area contributed by atoms with Crippen LogP contribution in [0.25, 0.3) is 0 Å². The van der Waals surface area contributed by atoms with Gasteiger partial charge in [0.2, 0.25) is 0 Å². The van der Waals surface area contributed by atoms with Gasteiger partial charge < -0.3 is 10.2 Å². The van der Waals surface area contributed by atoms with Crippen LogP contribution >= 0.6 is 12.6 Å². The average Bonchev–Trinajstić information content (AvgIpc) is 2.62. The molecule has 0 saturated heterocycles. The molecule has 0 bridgehead atoms. The van der Waals surface area contributed by atoms with Crippen molar-refractivity contribution in [2.24, 2.45) is 11.3 Å². The molecule has 0 radical (unpaired) electrons. The lowest BCUT2D eigenvalue weighted by Crippen LogP contribution is -2.15. The Hall–Kier alpha value is -0.710. The third-order valence-electron chi connectivity index (χ3n) is 2.60. The monoisotopic (exact) mass is 204 g/mol. The molecule has 74 valence electrons. The van der Waals surface area contributed by atoms with Gasteiger partial charge in [-0.05, 0) is 24.0 Å². The molecule has 2 atom stereocenters. The Morgan fingerprint density at radius 3 is 2.38 bits per heavy atom. The number of thiol groups is 1. The topological polar surface area (TPSA) is 74.6 Å². The fourth-order valence-electron chi connectivity index (χ4n) is 1.78. The van der Waals surface area contributed by atoms with Crippen LogP contribution in [0.5, 0.6) is 0 Å². The SMILES string of the molecule is O=C(O)CC1(CCS)CC1C(=O)O. The summed E-state index contributed by atoms with van der Waals surface area (Å²) in [5.74, 6) is -1.75. The minimum Gasteiger partial charge on any atom is -0.481 e. The second-order valence-electron chi connectivity index (χ2n) is 3.50. The molecule has 0 heterocycles. The number of carboxylic acid groups (broad SMARTS) is 2. The van der Waals surface area contributed by atoms with Crippen molar-refractivity contribution in [2.75, 3.05) is 5.75 Å². The lowest BCUT2D eigenvalue weighted by molar-refractivity contribution is -0.141. The van der Waals surface area contributed by atoms with Gasteiger partial charge in [-0.2, -0.15) is 12.6 Å². The van der Waals surface area contributed by atoms with E-state index in [-0.39, 0.29) is 6.42 Å². The van der Waals surface area contributed by atoms with Crippen LogP contribution in [0.1, 0.15) is 19.3 Å². The molecule has 1 fully saturated rings. The summed E-state index contributed by atoms with van der Waals surface area (Å²) in [4.78, 5) is 21.1. The Balaban J connectivity index is 2.59. The van der Waals surface area contributed by atoms with Gasteiger partial charge in [0.15, 0.2) is 0 Å². The zero-order valence-corrected chi connectivity index (χ0v) is 7.96. The van der Waals surface area contributed by atoms with Crippen molar-refractivity contribution in [1.29, 1.82) is 0 Å². The molecule has 13 heavy (non-hydrogen) atoms. The molecule has 1 aliphatic rings. The number of rotatable bonds is 5. The molecule has 0 aromatic rings. The molecule has 0 amide bonds. The van der Waals surface area contributed by atoms with Gasteiger partial charge in [0.05, 0.1) is 12.3 Å². The Labute approximate surface area is 81.4 Å². The van der Waals surface area contributed by atoms with Gasteiger partial charge in [-0.3, -0.25) is 9.59 Å². The first-order valence-corrected chi connectivity index (χ1v) is 4.70. The van der Waals surface area contributed by atoms with E-state index in [1.165, 1.54) is 0 Å². The highest BCUT2D eigenvalue weighted by Crippen LogP contribution is 2.58. The van der Waals surface area contributed by atoms with Crippen LogP contribution in [-0.4, -0.2) is 27.9 Å². The normalized spacial score (nSPS) is 31.3. The standard InChI is InChI=1S/C8H12O4S/c9-6(10)4-8(1-2-13)3-5(8)7(11)12/h5,13H,1-4H2,(H,9,10)(H,11,12). The molecule has 1 saturated carbocycles. The lowest BCUT2D eigenvalue weighted by Gasteiger charge is -2.11. The van der Waals surface area contributed by atoms with Gasteiger partial charge in [0.1, 0.15) is 0 Å². The molecule has 4 nitrogen and oxygen atoms in total. The molecule has 0 spiro atoms. The van der Waals surface area contributed by atoms with E-state index >= 15 is 0 Å². The van der Waals surface area contributed by atoms with Crippen LogP contribution in [0, 0.1) is 11.3 Å². The van der Waals surface area contributed by atoms with E-state index in [0.29, 0.717) is 18.6 Å². The average molecular weight is 204 g/mol. The molecular weight excluding hydrogens is 192 g/mol. The van der Waals surface area contributed by atoms with Crippen molar-refractivity contribution >= 4 is 24.6 Å². The van der Waals surface area contributed by atoms with Crippen LogP contribution in [0.2, 0.25) is 0 Å². The molecule has 1 aliphatic carbocycles. The highest BCUT2D eigenvalue weighted by molar-refractivity contribution is 7.80. The highest BCUT2D eigenvalue weighted by Gasteiger charge is 2.58. The maximum atomic E-state index is 10.6. The van der Waals surface area contributed by atoms with E-state index in [9.17, 15) is 9.59 Å². The summed E-state index contributed by atoms with van der Waals surface area (Å²) in [6.07, 6.45) is 0.999. The Kier molecular flexibility index (Phi) is 2.85. The molecule has 0 aliphatic heterocycles. The van der Waals surface area contributed by atoms with Gasteiger partial charge >= 0.3 is 11.9 Å². The minimum absolute atomic E-state index is 0.0511. The highest BCUT2D eigenvalue weighted by atomic mass is 32.1. The molecule has 2 unspecified atom stereocenters. The zero-order valence-electron chi connectivity index (χ0n) is 7.06. The van der Waals surface area contributed by atoms with E-state index in [0.717, 1.165) is 0 Å².